The van der Waals surface area contributed by atoms with Gasteiger partial charge in [0.15, 0.2) is 0 Å². The summed E-state index contributed by atoms with van der Waals surface area (Å²) >= 11 is 6.02. The highest BCUT2D eigenvalue weighted by Crippen LogP contribution is 2.26. The molecule has 1 atom stereocenters. The lowest BCUT2D eigenvalue weighted by Crippen LogP contribution is -2.43. The Morgan fingerprint density at radius 1 is 1.47 bits per heavy atom. The number of nitrogens with one attached hydrogen (secondary N) is 1. The van der Waals surface area contributed by atoms with Gasteiger partial charge in [0.05, 0.1) is 0 Å². The molecule has 1 fully saturated rings. The number of hydrogen-bond acceptors (Lipinski definition) is 2. The molecule has 1 saturated heterocycles. The third-order valence-corrected chi connectivity index (χ3v) is 3.20. The molecular formula is C12H17ClN2. The monoisotopic (exact) mass is 224 g/mol. The SMILES string of the molecule is CNCC(c1cccc(Cl)c1)N1CCC1. The summed E-state index contributed by atoms with van der Waals surface area (Å²) in [5.74, 6) is 0. The van der Waals surface area contributed by atoms with Crippen molar-refractivity contribution in [2.24, 2.45) is 0 Å². The largest absolute Gasteiger partial charge is 0.318 e. The maximum atomic E-state index is 6.02. The van der Waals surface area contributed by atoms with E-state index in [1.807, 2.05) is 19.2 Å². The maximum Gasteiger partial charge on any atom is 0.0473 e. The summed E-state index contributed by atoms with van der Waals surface area (Å²) in [4.78, 5) is 2.49. The molecule has 1 aliphatic rings. The van der Waals surface area contributed by atoms with Gasteiger partial charge in [0.1, 0.15) is 0 Å². The Labute approximate surface area is 96.2 Å². The first kappa shape index (κ1) is 10.9. The molecule has 82 valence electrons. The zero-order chi connectivity index (χ0) is 10.7. The van der Waals surface area contributed by atoms with Crippen molar-refractivity contribution in [3.8, 4) is 0 Å². The summed E-state index contributed by atoms with van der Waals surface area (Å²) in [5, 5.41) is 4.08. The molecule has 15 heavy (non-hydrogen) atoms. The molecule has 1 unspecified atom stereocenters. The van der Waals surface area contributed by atoms with E-state index in [0.29, 0.717) is 6.04 Å². The molecule has 0 bridgehead atoms. The van der Waals surface area contributed by atoms with E-state index in [4.69, 9.17) is 11.6 Å². The molecule has 2 rings (SSSR count). The number of rotatable bonds is 4. The van der Waals surface area contributed by atoms with Crippen molar-refractivity contribution < 1.29 is 0 Å². The Bertz CT molecular complexity index is 323. The highest BCUT2D eigenvalue weighted by atomic mass is 35.5. The lowest BCUT2D eigenvalue weighted by Gasteiger charge is -2.38. The molecular weight excluding hydrogens is 208 g/mol. The van der Waals surface area contributed by atoms with Crippen LogP contribution in [-0.2, 0) is 0 Å². The van der Waals surface area contributed by atoms with Gasteiger partial charge in [-0.3, -0.25) is 4.90 Å². The number of hydrogen-bond donors (Lipinski definition) is 1. The minimum absolute atomic E-state index is 0.474. The van der Waals surface area contributed by atoms with Gasteiger partial charge in [-0.1, -0.05) is 23.7 Å². The molecule has 0 amide bonds. The van der Waals surface area contributed by atoms with Crippen molar-refractivity contribution >= 4 is 11.6 Å². The molecule has 0 aromatic heterocycles. The van der Waals surface area contributed by atoms with Crippen LogP contribution in [0, 0.1) is 0 Å². The summed E-state index contributed by atoms with van der Waals surface area (Å²) in [6.45, 7) is 3.40. The van der Waals surface area contributed by atoms with Crippen molar-refractivity contribution in [1.82, 2.24) is 10.2 Å². The summed E-state index contributed by atoms with van der Waals surface area (Å²) in [5.41, 5.74) is 1.32. The molecule has 0 aliphatic carbocycles. The summed E-state index contributed by atoms with van der Waals surface area (Å²) in [6.07, 6.45) is 1.32. The molecule has 0 radical (unpaired) electrons. The number of benzene rings is 1. The Morgan fingerprint density at radius 2 is 2.27 bits per heavy atom. The zero-order valence-corrected chi connectivity index (χ0v) is 9.80. The molecule has 0 saturated carbocycles. The Balaban J connectivity index is 2.15. The zero-order valence-electron chi connectivity index (χ0n) is 9.04. The van der Waals surface area contributed by atoms with Crippen LogP contribution in [-0.4, -0.2) is 31.6 Å². The lowest BCUT2D eigenvalue weighted by atomic mass is 10.0. The van der Waals surface area contributed by atoms with E-state index in [-0.39, 0.29) is 0 Å². The summed E-state index contributed by atoms with van der Waals surface area (Å²) in [7, 11) is 2.00. The van der Waals surface area contributed by atoms with Gasteiger partial charge in [0.25, 0.3) is 0 Å². The average Bonchev–Trinajstić information content (AvgIpc) is 2.14. The van der Waals surface area contributed by atoms with Crippen molar-refractivity contribution in [3.63, 3.8) is 0 Å². The summed E-state index contributed by atoms with van der Waals surface area (Å²) < 4.78 is 0. The van der Waals surface area contributed by atoms with Crippen molar-refractivity contribution in [3.05, 3.63) is 34.9 Å². The van der Waals surface area contributed by atoms with Gasteiger partial charge in [0, 0.05) is 30.7 Å². The van der Waals surface area contributed by atoms with E-state index in [9.17, 15) is 0 Å². The van der Waals surface area contributed by atoms with E-state index in [1.165, 1.54) is 25.1 Å². The van der Waals surface area contributed by atoms with Crippen LogP contribution in [0.2, 0.25) is 5.02 Å². The highest BCUT2D eigenvalue weighted by Gasteiger charge is 2.24. The standard InChI is InChI=1S/C12H17ClN2/c1-14-9-12(15-6-3-7-15)10-4-2-5-11(13)8-10/h2,4-5,8,12,14H,3,6-7,9H2,1H3. The first-order valence-corrected chi connectivity index (χ1v) is 5.83. The second-order valence-electron chi connectivity index (χ2n) is 4.02. The maximum absolute atomic E-state index is 6.02. The first-order chi connectivity index (χ1) is 7.31. The molecule has 3 heteroatoms. The Morgan fingerprint density at radius 3 is 2.80 bits per heavy atom. The third kappa shape index (κ3) is 2.51. The minimum Gasteiger partial charge on any atom is -0.318 e. The van der Waals surface area contributed by atoms with Crippen LogP contribution in [0.15, 0.2) is 24.3 Å². The van der Waals surface area contributed by atoms with Gasteiger partial charge in [-0.15, -0.1) is 0 Å². The average molecular weight is 225 g/mol. The third-order valence-electron chi connectivity index (χ3n) is 2.96. The number of likely N-dealkylation sites (tertiary alicyclic amines) is 1. The predicted octanol–water partition coefficient (Wildman–Crippen LogP) is 2.31. The molecule has 1 aromatic rings. The van der Waals surface area contributed by atoms with Gasteiger partial charge in [-0.05, 0) is 31.2 Å². The van der Waals surface area contributed by atoms with Crippen LogP contribution in [0.5, 0.6) is 0 Å². The van der Waals surface area contributed by atoms with Crippen molar-refractivity contribution in [2.75, 3.05) is 26.7 Å². The minimum atomic E-state index is 0.474. The molecule has 1 aliphatic heterocycles. The first-order valence-electron chi connectivity index (χ1n) is 5.45. The van der Waals surface area contributed by atoms with Gasteiger partial charge in [0.2, 0.25) is 0 Å². The summed E-state index contributed by atoms with van der Waals surface area (Å²) in [6, 6.07) is 8.66. The Hall–Kier alpha value is -0.570. The number of halogens is 1. The molecule has 0 spiro atoms. The van der Waals surface area contributed by atoms with Crippen LogP contribution >= 0.6 is 11.6 Å². The van der Waals surface area contributed by atoms with Crippen molar-refractivity contribution in [2.45, 2.75) is 12.5 Å². The van der Waals surface area contributed by atoms with Gasteiger partial charge >= 0.3 is 0 Å². The van der Waals surface area contributed by atoms with Crippen LogP contribution in [0.4, 0.5) is 0 Å². The molecule has 1 heterocycles. The molecule has 2 nitrogen and oxygen atoms in total. The van der Waals surface area contributed by atoms with E-state index in [1.54, 1.807) is 0 Å². The molecule has 1 N–H and O–H groups in total. The topological polar surface area (TPSA) is 15.3 Å². The smallest absolute Gasteiger partial charge is 0.0473 e. The number of nitrogens with zero attached hydrogens (tertiary/aromatic N) is 1. The quantitative estimate of drug-likeness (QED) is 0.845. The van der Waals surface area contributed by atoms with E-state index >= 15 is 0 Å². The predicted molar refractivity (Wildman–Crippen MR) is 64.3 cm³/mol. The van der Waals surface area contributed by atoms with E-state index in [2.05, 4.69) is 22.3 Å². The number of likely N-dealkylation sites (N-methyl/N-ethyl adjacent to an activating group) is 1. The van der Waals surface area contributed by atoms with Crippen LogP contribution in [0.3, 0.4) is 0 Å². The highest BCUT2D eigenvalue weighted by molar-refractivity contribution is 6.30. The van der Waals surface area contributed by atoms with E-state index < -0.39 is 0 Å². The Kier molecular flexibility index (Phi) is 3.62. The lowest BCUT2D eigenvalue weighted by molar-refractivity contribution is 0.117. The van der Waals surface area contributed by atoms with Gasteiger partial charge in [-0.2, -0.15) is 0 Å². The fourth-order valence-corrected chi connectivity index (χ4v) is 2.22. The normalized spacial score (nSPS) is 18.5. The van der Waals surface area contributed by atoms with Crippen LogP contribution < -0.4 is 5.32 Å². The second-order valence-corrected chi connectivity index (χ2v) is 4.45. The fraction of sp³-hybridized carbons (Fsp3) is 0.500. The van der Waals surface area contributed by atoms with Crippen LogP contribution in [0.25, 0.3) is 0 Å². The molecule has 1 aromatic carbocycles. The fourth-order valence-electron chi connectivity index (χ4n) is 2.02. The van der Waals surface area contributed by atoms with Crippen LogP contribution in [0.1, 0.15) is 18.0 Å². The second kappa shape index (κ2) is 4.97. The van der Waals surface area contributed by atoms with E-state index in [0.717, 1.165) is 11.6 Å². The van der Waals surface area contributed by atoms with Gasteiger partial charge < -0.3 is 5.32 Å². The van der Waals surface area contributed by atoms with Crippen molar-refractivity contribution in [1.29, 1.82) is 0 Å². The van der Waals surface area contributed by atoms with Gasteiger partial charge in [-0.25, -0.2) is 0 Å².